The van der Waals surface area contributed by atoms with Crippen LogP contribution in [-0.4, -0.2) is 23.1 Å². The minimum Gasteiger partial charge on any atom is -0.444 e. The lowest BCUT2D eigenvalue weighted by molar-refractivity contribution is 0.127. The molecule has 1 aliphatic heterocycles. The van der Waals surface area contributed by atoms with E-state index in [9.17, 15) is 4.79 Å². The van der Waals surface area contributed by atoms with Crippen LogP contribution < -0.4 is 0 Å². The van der Waals surface area contributed by atoms with E-state index in [4.69, 9.17) is 4.74 Å². The fourth-order valence-electron chi connectivity index (χ4n) is 3.00. The number of carbonyl (C=O) groups excluding carboxylic acids is 1. The maximum atomic E-state index is 12.2. The fourth-order valence-corrected chi connectivity index (χ4v) is 3.00. The summed E-state index contributed by atoms with van der Waals surface area (Å²) < 4.78 is 5.59. The van der Waals surface area contributed by atoms with Crippen LogP contribution >= 0.6 is 0 Å². The second kappa shape index (κ2) is 7.14. The van der Waals surface area contributed by atoms with Crippen molar-refractivity contribution in [3.63, 3.8) is 0 Å². The maximum absolute atomic E-state index is 12.2. The molecule has 0 radical (unpaired) electrons. The van der Waals surface area contributed by atoms with Crippen LogP contribution in [0.3, 0.4) is 0 Å². The number of carbonyl (C=O) groups is 1. The predicted octanol–water partition coefficient (Wildman–Crippen LogP) is 4.19. The zero-order chi connectivity index (χ0) is 16.1. The van der Waals surface area contributed by atoms with Crippen molar-refractivity contribution in [3.05, 3.63) is 84.4 Å². The van der Waals surface area contributed by atoms with Gasteiger partial charge in [0.15, 0.2) is 0 Å². The molecule has 0 aliphatic carbocycles. The van der Waals surface area contributed by atoms with Gasteiger partial charge in [0.05, 0.1) is 6.04 Å². The van der Waals surface area contributed by atoms with Gasteiger partial charge in [-0.1, -0.05) is 66.7 Å². The Morgan fingerprint density at radius 1 is 1.00 bits per heavy atom. The number of benzene rings is 2. The summed E-state index contributed by atoms with van der Waals surface area (Å²) in [4.78, 5) is 14.0. The zero-order valence-electron chi connectivity index (χ0n) is 13.1. The van der Waals surface area contributed by atoms with Gasteiger partial charge >= 0.3 is 6.09 Å². The van der Waals surface area contributed by atoms with Gasteiger partial charge in [-0.15, -0.1) is 6.58 Å². The molecule has 1 amide bonds. The first-order chi connectivity index (χ1) is 11.3. The molecule has 2 aromatic rings. The maximum Gasteiger partial charge on any atom is 0.411 e. The van der Waals surface area contributed by atoms with Crippen molar-refractivity contribution in [2.45, 2.75) is 31.5 Å². The molecule has 118 valence electrons. The minimum absolute atomic E-state index is 0.0774. The zero-order valence-corrected chi connectivity index (χ0v) is 13.1. The van der Waals surface area contributed by atoms with Gasteiger partial charge in [0.25, 0.3) is 0 Å². The number of cyclic esters (lactones) is 1. The highest BCUT2D eigenvalue weighted by Crippen LogP contribution is 2.26. The van der Waals surface area contributed by atoms with Crippen molar-refractivity contribution in [1.29, 1.82) is 0 Å². The van der Waals surface area contributed by atoms with Crippen LogP contribution in [-0.2, 0) is 17.7 Å². The van der Waals surface area contributed by atoms with E-state index in [1.165, 1.54) is 5.56 Å². The predicted molar refractivity (Wildman–Crippen MR) is 91.0 cm³/mol. The first kappa shape index (κ1) is 15.3. The molecule has 0 unspecified atom stereocenters. The number of nitrogens with zero attached hydrogens (tertiary/aromatic N) is 1. The van der Waals surface area contributed by atoms with Gasteiger partial charge in [0.2, 0.25) is 0 Å². The molecule has 3 nitrogen and oxygen atoms in total. The van der Waals surface area contributed by atoms with Gasteiger partial charge in [0.1, 0.15) is 6.10 Å². The van der Waals surface area contributed by atoms with E-state index < -0.39 is 0 Å². The van der Waals surface area contributed by atoms with E-state index >= 15 is 0 Å². The Morgan fingerprint density at radius 2 is 1.61 bits per heavy atom. The molecule has 0 saturated carbocycles. The van der Waals surface area contributed by atoms with Crippen LogP contribution in [0, 0.1) is 0 Å². The topological polar surface area (TPSA) is 29.5 Å². The van der Waals surface area contributed by atoms with Crippen molar-refractivity contribution < 1.29 is 9.53 Å². The molecular weight excluding hydrogens is 286 g/mol. The van der Waals surface area contributed by atoms with Gasteiger partial charge in [-0.2, -0.15) is 0 Å². The summed E-state index contributed by atoms with van der Waals surface area (Å²) in [7, 11) is 0. The van der Waals surface area contributed by atoms with Gasteiger partial charge in [-0.25, -0.2) is 4.79 Å². The lowest BCUT2D eigenvalue weighted by Gasteiger charge is -2.21. The normalized spacial score (nSPS) is 20.3. The van der Waals surface area contributed by atoms with Crippen molar-refractivity contribution in [2.24, 2.45) is 0 Å². The van der Waals surface area contributed by atoms with E-state index in [0.717, 1.165) is 18.4 Å². The summed E-state index contributed by atoms with van der Waals surface area (Å²) in [5.74, 6) is 0. The van der Waals surface area contributed by atoms with E-state index in [0.29, 0.717) is 6.54 Å². The Bertz CT molecular complexity index is 654. The molecule has 0 N–H and O–H groups in total. The third-order valence-corrected chi connectivity index (χ3v) is 4.23. The number of rotatable bonds is 6. The average molecular weight is 307 g/mol. The molecule has 0 bridgehead atoms. The highest BCUT2D eigenvalue weighted by Gasteiger charge is 2.39. The molecule has 1 aliphatic rings. The van der Waals surface area contributed by atoms with Crippen LogP contribution in [0.25, 0.3) is 0 Å². The molecule has 2 atom stereocenters. The van der Waals surface area contributed by atoms with Crippen molar-refractivity contribution in [3.8, 4) is 0 Å². The third kappa shape index (κ3) is 3.62. The summed E-state index contributed by atoms with van der Waals surface area (Å²) in [6.45, 7) is 4.45. The number of ether oxygens (including phenoxy) is 1. The lowest BCUT2D eigenvalue weighted by atomic mass is 10.0. The van der Waals surface area contributed by atoms with Crippen LogP contribution in [0.5, 0.6) is 0 Å². The third-order valence-electron chi connectivity index (χ3n) is 4.23. The molecular formula is C20H21NO2. The van der Waals surface area contributed by atoms with Crippen molar-refractivity contribution in [2.75, 3.05) is 0 Å². The van der Waals surface area contributed by atoms with E-state index in [-0.39, 0.29) is 18.2 Å². The molecule has 3 rings (SSSR count). The first-order valence-electron chi connectivity index (χ1n) is 7.95. The molecule has 3 heteroatoms. The SMILES string of the molecule is C=C[C@@H]1[C@H](CCc2ccccc2)OC(=O)N1Cc1ccccc1. The number of hydrogen-bond donors (Lipinski definition) is 0. The Labute approximate surface area is 137 Å². The molecule has 0 spiro atoms. The minimum atomic E-state index is -0.253. The van der Waals surface area contributed by atoms with Crippen LogP contribution in [0.1, 0.15) is 17.5 Å². The molecule has 2 aromatic carbocycles. The summed E-state index contributed by atoms with van der Waals surface area (Å²) in [5, 5.41) is 0. The molecule has 1 saturated heterocycles. The Kier molecular flexibility index (Phi) is 4.77. The molecule has 1 heterocycles. The highest BCUT2D eigenvalue weighted by atomic mass is 16.6. The van der Waals surface area contributed by atoms with Crippen molar-refractivity contribution in [1.82, 2.24) is 4.90 Å². The smallest absolute Gasteiger partial charge is 0.411 e. The van der Waals surface area contributed by atoms with Crippen LogP contribution in [0.15, 0.2) is 73.3 Å². The second-order valence-corrected chi connectivity index (χ2v) is 5.79. The molecule has 1 fully saturated rings. The summed E-state index contributed by atoms with van der Waals surface area (Å²) in [6.07, 6.45) is 3.13. The van der Waals surface area contributed by atoms with Gasteiger partial charge < -0.3 is 4.74 Å². The second-order valence-electron chi connectivity index (χ2n) is 5.79. The van der Waals surface area contributed by atoms with Gasteiger partial charge in [-0.05, 0) is 24.0 Å². The Balaban J connectivity index is 1.66. The monoisotopic (exact) mass is 307 g/mol. The summed E-state index contributed by atoms with van der Waals surface area (Å²) in [5.41, 5.74) is 2.35. The van der Waals surface area contributed by atoms with Crippen LogP contribution in [0.2, 0.25) is 0 Å². The largest absolute Gasteiger partial charge is 0.444 e. The Morgan fingerprint density at radius 3 is 2.22 bits per heavy atom. The first-order valence-corrected chi connectivity index (χ1v) is 7.95. The number of hydrogen-bond acceptors (Lipinski definition) is 2. The number of amides is 1. The highest BCUT2D eigenvalue weighted by molar-refractivity contribution is 5.71. The van der Waals surface area contributed by atoms with E-state index in [2.05, 4.69) is 18.7 Å². The van der Waals surface area contributed by atoms with Gasteiger partial charge in [-0.3, -0.25) is 4.90 Å². The lowest BCUT2D eigenvalue weighted by Crippen LogP contribution is -2.34. The van der Waals surface area contributed by atoms with E-state index in [1.54, 1.807) is 4.90 Å². The Hall–Kier alpha value is -2.55. The quantitative estimate of drug-likeness (QED) is 0.749. The number of aryl methyl sites for hydroxylation is 1. The van der Waals surface area contributed by atoms with Gasteiger partial charge in [0, 0.05) is 6.54 Å². The van der Waals surface area contributed by atoms with Crippen molar-refractivity contribution >= 4 is 6.09 Å². The summed E-state index contributed by atoms with van der Waals surface area (Å²) in [6, 6.07) is 20.2. The fraction of sp³-hybridized carbons (Fsp3) is 0.250. The van der Waals surface area contributed by atoms with Crippen LogP contribution in [0.4, 0.5) is 4.79 Å². The molecule has 0 aromatic heterocycles. The summed E-state index contributed by atoms with van der Waals surface area (Å²) >= 11 is 0. The molecule has 23 heavy (non-hydrogen) atoms. The van der Waals surface area contributed by atoms with E-state index in [1.807, 2.05) is 54.6 Å². The standard InChI is InChI=1S/C20H21NO2/c1-2-18-19(14-13-16-9-5-3-6-10-16)23-20(22)21(18)15-17-11-7-4-8-12-17/h2-12,18-19H,1,13-15H2/t18-,19+/m1/s1. The average Bonchev–Trinajstić information content (AvgIpc) is 2.90.